The van der Waals surface area contributed by atoms with Gasteiger partial charge in [0.2, 0.25) is 6.29 Å². The molecule has 0 spiro atoms. The van der Waals surface area contributed by atoms with Gasteiger partial charge in [-0.25, -0.2) is 4.79 Å². The van der Waals surface area contributed by atoms with Crippen LogP contribution in [0.4, 0.5) is 0 Å². The van der Waals surface area contributed by atoms with Crippen molar-refractivity contribution in [1.29, 1.82) is 0 Å². The standard InChI is InChI=1S/C71H110O36/c1-26-50(101-58-44(84)38(78)31(76)23-93-58)43(83)48(88)60(95-26)106-56-54(104-61-46(86)41(81)34(22-73)99-61)51(97-28(3)75)27(2)96-63(56)107-65(92)71-18-16-66(4,5)20-30(71)29-10-11-36-67(6)14-13-37(68(7,25-74)35(67)12-15-70(36,9)69(29,8)17-19-71)100-64-55(105-62-47(87)42(82)40(80)33(21-72)98-62)52(49(89)53(103-64)57(90)91)102-59-45(85)39(79)32(77)24-94-59/h10,25-27,30-56,58-64,72-73,76-89H,11-24H2,1-9H3,(H,90,91). The highest BCUT2D eigenvalue weighted by Crippen LogP contribution is 2.76. The number of allylic oxidation sites excluding steroid dienone is 2. The lowest BCUT2D eigenvalue weighted by molar-refractivity contribution is -0.391. The highest BCUT2D eigenvalue weighted by atomic mass is 16.8. The first-order valence-corrected chi connectivity index (χ1v) is 37.2. The molecule has 610 valence electrons. The average molecular weight is 1540 g/mol. The SMILES string of the molecule is CC(=O)OC1C(C)OC(OC(=O)C23CCC(C)(C)CC2C2=CCC4C5(C)CCC(OC6OC(C(=O)O)C(O)C(OC7OCC(O)C(O)C7O)C6OC6OC(CO)C(O)C(O)C6O)C(C)(C=O)C5CCC4(C)C2(C)CC3)C(OC2OC(C)C(OC3OCC(O)C(O)C3O)C(O)C2O)C1OC1OC(CO)C(O)C1O. The zero-order valence-electron chi connectivity index (χ0n) is 61.2. The third-order valence-electron chi connectivity index (χ3n) is 26.8. The summed E-state index contributed by atoms with van der Waals surface area (Å²) in [6, 6.07) is 0. The van der Waals surface area contributed by atoms with Crippen molar-refractivity contribution >= 4 is 24.2 Å². The number of carbonyl (C=O) groups is 4. The molecule has 7 saturated heterocycles. The molecule has 0 bridgehead atoms. The van der Waals surface area contributed by atoms with Crippen LogP contribution in [-0.2, 0) is 90.2 Å². The lowest BCUT2D eigenvalue weighted by Gasteiger charge is -2.71. The van der Waals surface area contributed by atoms with Crippen molar-refractivity contribution in [3.8, 4) is 0 Å². The Morgan fingerprint density at radius 2 is 1.00 bits per heavy atom. The molecule has 4 saturated carbocycles. The molecular formula is C71H110O36. The highest BCUT2D eigenvalue weighted by molar-refractivity contribution is 5.79. The predicted molar refractivity (Wildman–Crippen MR) is 350 cm³/mol. The topological polar surface area (TPSA) is 551 Å². The monoisotopic (exact) mass is 1540 g/mol. The average Bonchev–Trinajstić information content (AvgIpc) is 0.975. The van der Waals surface area contributed by atoms with Crippen molar-refractivity contribution < 1.29 is 177 Å². The van der Waals surface area contributed by atoms with Crippen molar-refractivity contribution in [1.82, 2.24) is 0 Å². The predicted octanol–water partition coefficient (Wildman–Crippen LogP) is -4.75. The summed E-state index contributed by atoms with van der Waals surface area (Å²) in [5.74, 6) is -4.37. The molecule has 17 N–H and O–H groups in total. The van der Waals surface area contributed by atoms with Gasteiger partial charge in [-0.3, -0.25) is 9.59 Å². The Morgan fingerprint density at radius 3 is 1.58 bits per heavy atom. The van der Waals surface area contributed by atoms with Crippen LogP contribution < -0.4 is 0 Å². The van der Waals surface area contributed by atoms with Crippen molar-refractivity contribution in [3.05, 3.63) is 11.6 Å². The Bertz CT molecular complexity index is 3170. The van der Waals surface area contributed by atoms with Crippen LogP contribution in [0.25, 0.3) is 0 Å². The van der Waals surface area contributed by atoms with E-state index in [1.54, 1.807) is 6.92 Å². The quantitative estimate of drug-likeness (QED) is 0.0250. The van der Waals surface area contributed by atoms with E-state index in [2.05, 4.69) is 40.7 Å². The number of aliphatic hydroxyl groups is 16. The van der Waals surface area contributed by atoms with Crippen molar-refractivity contribution in [2.24, 2.45) is 50.2 Å². The van der Waals surface area contributed by atoms with Crippen LogP contribution in [0.3, 0.4) is 0 Å². The van der Waals surface area contributed by atoms with E-state index in [4.69, 9.17) is 71.1 Å². The Labute approximate surface area is 616 Å². The van der Waals surface area contributed by atoms with E-state index in [0.29, 0.717) is 51.4 Å². The van der Waals surface area contributed by atoms with Crippen LogP contribution in [0.2, 0.25) is 0 Å². The third kappa shape index (κ3) is 14.6. The fourth-order valence-corrected chi connectivity index (χ4v) is 20.3. The van der Waals surface area contributed by atoms with Gasteiger partial charge in [-0.05, 0) is 117 Å². The summed E-state index contributed by atoms with van der Waals surface area (Å²) in [5.41, 5.74) is -3.79. The van der Waals surface area contributed by atoms with Gasteiger partial charge >= 0.3 is 17.9 Å². The summed E-state index contributed by atoms with van der Waals surface area (Å²) in [7, 11) is 0. The largest absolute Gasteiger partial charge is 0.479 e. The minimum atomic E-state index is -2.22. The molecule has 0 aromatic carbocycles. The van der Waals surface area contributed by atoms with E-state index in [1.807, 2.05) is 0 Å². The van der Waals surface area contributed by atoms with Gasteiger partial charge in [0.25, 0.3) is 0 Å². The number of hydrogen-bond donors (Lipinski definition) is 17. The Morgan fingerprint density at radius 1 is 0.495 bits per heavy atom. The van der Waals surface area contributed by atoms with E-state index in [9.17, 15) is 101 Å². The number of aliphatic hydroxyl groups excluding tert-OH is 16. The molecule has 5 aliphatic carbocycles. The first kappa shape index (κ1) is 83.1. The lowest BCUT2D eigenvalue weighted by Crippen LogP contribution is -2.69. The summed E-state index contributed by atoms with van der Waals surface area (Å²) < 4.78 is 91.7. The van der Waals surface area contributed by atoms with Crippen molar-refractivity contribution in [3.63, 3.8) is 0 Å². The van der Waals surface area contributed by atoms with Gasteiger partial charge in [0.1, 0.15) is 128 Å². The van der Waals surface area contributed by atoms with Gasteiger partial charge in [0, 0.05) is 6.92 Å². The summed E-state index contributed by atoms with van der Waals surface area (Å²) in [6.07, 6.45) is -50.9. The fraction of sp³-hybridized carbons (Fsp3) is 0.915. The van der Waals surface area contributed by atoms with Crippen LogP contribution >= 0.6 is 0 Å². The van der Waals surface area contributed by atoms with E-state index in [1.165, 1.54) is 13.8 Å². The first-order chi connectivity index (χ1) is 50.2. The van der Waals surface area contributed by atoms with Gasteiger partial charge in [0.05, 0.1) is 55.6 Å². The van der Waals surface area contributed by atoms with Gasteiger partial charge in [-0.1, -0.05) is 53.2 Å². The number of carboxylic acid groups (broad SMARTS) is 1. The number of carbonyl (C=O) groups excluding carboxylic acids is 3. The molecule has 0 aromatic rings. The Kier molecular flexibility index (Phi) is 24.4. The number of carboxylic acids is 1. The Hall–Kier alpha value is -3.34. The number of esters is 2. The molecule has 0 radical (unpaired) electrons. The number of rotatable bonds is 19. The maximum absolute atomic E-state index is 16.2. The van der Waals surface area contributed by atoms with Crippen molar-refractivity contribution in [2.75, 3.05) is 26.4 Å². The third-order valence-corrected chi connectivity index (χ3v) is 26.8. The fourth-order valence-electron chi connectivity index (χ4n) is 20.3. The van der Waals surface area contributed by atoms with Crippen LogP contribution in [0.15, 0.2) is 11.6 Å². The summed E-state index contributed by atoms with van der Waals surface area (Å²) in [5, 5.41) is 185. The second-order valence-electron chi connectivity index (χ2n) is 33.6. The normalized spacial score (nSPS) is 53.4. The minimum absolute atomic E-state index is 0.125. The van der Waals surface area contributed by atoms with E-state index >= 15 is 4.79 Å². The number of aliphatic carboxylic acids is 1. The smallest absolute Gasteiger partial charge is 0.335 e. The molecule has 36 heteroatoms. The number of aldehydes is 1. The second-order valence-corrected chi connectivity index (χ2v) is 33.6. The van der Waals surface area contributed by atoms with E-state index < -0.39 is 286 Å². The molecule has 7 aliphatic heterocycles. The van der Waals surface area contributed by atoms with Crippen LogP contribution in [0.5, 0.6) is 0 Å². The zero-order valence-corrected chi connectivity index (χ0v) is 61.2. The highest BCUT2D eigenvalue weighted by Gasteiger charge is 2.72. The minimum Gasteiger partial charge on any atom is -0.479 e. The maximum Gasteiger partial charge on any atom is 0.335 e. The summed E-state index contributed by atoms with van der Waals surface area (Å²) in [6.45, 7) is 13.9. The number of fused-ring (bicyclic) bond motifs is 7. The molecule has 12 aliphatic rings. The van der Waals surface area contributed by atoms with Crippen LogP contribution in [0.1, 0.15) is 127 Å². The van der Waals surface area contributed by atoms with Gasteiger partial charge in [-0.15, -0.1) is 0 Å². The number of ether oxygens (including phenoxy) is 15. The molecule has 11 fully saturated rings. The van der Waals surface area contributed by atoms with Gasteiger partial charge < -0.3 is 163 Å². The molecule has 107 heavy (non-hydrogen) atoms. The molecule has 12 rings (SSSR count). The Balaban J connectivity index is 0.835. The lowest BCUT2D eigenvalue weighted by atomic mass is 9.33. The first-order valence-electron chi connectivity index (χ1n) is 37.2. The van der Waals surface area contributed by atoms with E-state index in [-0.39, 0.29) is 24.2 Å². The number of hydrogen-bond acceptors (Lipinski definition) is 35. The van der Waals surface area contributed by atoms with Gasteiger partial charge in [-0.2, -0.15) is 0 Å². The molecule has 41 atom stereocenters. The van der Waals surface area contributed by atoms with Gasteiger partial charge in [0.15, 0.2) is 56.1 Å². The molecule has 36 nitrogen and oxygen atoms in total. The molecule has 0 amide bonds. The molecule has 0 aromatic heterocycles. The summed E-state index contributed by atoms with van der Waals surface area (Å²) in [4.78, 5) is 56.5. The second kappa shape index (κ2) is 31.5. The molecule has 7 heterocycles. The molecule has 41 unspecified atom stereocenters. The van der Waals surface area contributed by atoms with E-state index in [0.717, 1.165) is 18.8 Å². The zero-order chi connectivity index (χ0) is 78.0. The van der Waals surface area contributed by atoms with Crippen molar-refractivity contribution in [2.45, 2.75) is 329 Å². The van der Waals surface area contributed by atoms with Crippen LogP contribution in [0, 0.1) is 50.2 Å². The molecular weight excluding hydrogens is 1430 g/mol. The van der Waals surface area contributed by atoms with Crippen LogP contribution in [-0.4, -0.2) is 340 Å². The summed E-state index contributed by atoms with van der Waals surface area (Å²) >= 11 is 0. The maximum atomic E-state index is 16.2.